The van der Waals surface area contributed by atoms with E-state index in [-0.39, 0.29) is 0 Å². The number of hydrogen-bond acceptors (Lipinski definition) is 3. The minimum absolute atomic E-state index is 0.505. The lowest BCUT2D eigenvalue weighted by atomic mass is 9.95. The number of methoxy groups -OCH3 is 1. The number of hydrogen-bond donors (Lipinski definition) is 1. The summed E-state index contributed by atoms with van der Waals surface area (Å²) in [5.74, 6) is 2.01. The summed E-state index contributed by atoms with van der Waals surface area (Å²) in [7, 11) is 3.79. The van der Waals surface area contributed by atoms with E-state index in [1.54, 1.807) is 7.11 Å². The van der Waals surface area contributed by atoms with Crippen LogP contribution in [0.3, 0.4) is 0 Å². The highest BCUT2D eigenvalue weighted by atomic mass is 16.5. The molecule has 0 aliphatic heterocycles. The highest BCUT2D eigenvalue weighted by Gasteiger charge is 2.16. The van der Waals surface area contributed by atoms with E-state index in [4.69, 9.17) is 10.5 Å². The zero-order chi connectivity index (χ0) is 12.8. The number of para-hydroxylation sites is 2. The Labute approximate surface area is 105 Å². The lowest BCUT2D eigenvalue weighted by molar-refractivity contribution is 0.391. The minimum Gasteiger partial charge on any atom is -0.495 e. The molecule has 0 bridgehead atoms. The predicted octanol–water partition coefficient (Wildman–Crippen LogP) is 2.36. The summed E-state index contributed by atoms with van der Waals surface area (Å²) < 4.78 is 5.37. The molecule has 2 N–H and O–H groups in total. The standard InChI is InChI=1S/C14H24N2O/c1-11(2)12(9-15)10-16(3)13-7-5-6-8-14(13)17-4/h5-8,11-12H,9-10,15H2,1-4H3. The molecule has 0 amide bonds. The molecule has 0 aromatic heterocycles. The zero-order valence-corrected chi connectivity index (χ0v) is 11.3. The third-order valence-corrected chi connectivity index (χ3v) is 3.25. The fourth-order valence-electron chi connectivity index (χ4n) is 1.95. The second-order valence-corrected chi connectivity index (χ2v) is 4.79. The average Bonchev–Trinajstić information content (AvgIpc) is 2.35. The summed E-state index contributed by atoms with van der Waals surface area (Å²) in [6.45, 7) is 6.10. The maximum atomic E-state index is 5.81. The molecule has 0 heterocycles. The molecule has 3 nitrogen and oxygen atoms in total. The van der Waals surface area contributed by atoms with Crippen LogP contribution >= 0.6 is 0 Å². The molecule has 0 aliphatic rings. The normalized spacial score (nSPS) is 12.6. The first-order valence-corrected chi connectivity index (χ1v) is 6.14. The van der Waals surface area contributed by atoms with E-state index in [2.05, 4.69) is 31.9 Å². The van der Waals surface area contributed by atoms with Gasteiger partial charge in [0.05, 0.1) is 12.8 Å². The molecule has 0 fully saturated rings. The molecular weight excluding hydrogens is 212 g/mol. The summed E-state index contributed by atoms with van der Waals surface area (Å²) in [5.41, 5.74) is 6.93. The zero-order valence-electron chi connectivity index (χ0n) is 11.3. The van der Waals surface area contributed by atoms with Crippen LogP contribution in [0.1, 0.15) is 13.8 Å². The van der Waals surface area contributed by atoms with Crippen molar-refractivity contribution in [2.24, 2.45) is 17.6 Å². The van der Waals surface area contributed by atoms with Gasteiger partial charge in [-0.2, -0.15) is 0 Å². The Kier molecular flexibility index (Phi) is 5.29. The van der Waals surface area contributed by atoms with Gasteiger partial charge >= 0.3 is 0 Å². The number of rotatable bonds is 6. The van der Waals surface area contributed by atoms with Gasteiger partial charge in [0.2, 0.25) is 0 Å². The Morgan fingerprint density at radius 2 is 1.94 bits per heavy atom. The van der Waals surface area contributed by atoms with Gasteiger partial charge < -0.3 is 15.4 Å². The largest absolute Gasteiger partial charge is 0.495 e. The Bertz CT molecular complexity index is 339. The average molecular weight is 236 g/mol. The molecule has 17 heavy (non-hydrogen) atoms. The van der Waals surface area contributed by atoms with E-state index in [0.29, 0.717) is 11.8 Å². The fraction of sp³-hybridized carbons (Fsp3) is 0.571. The van der Waals surface area contributed by atoms with Gasteiger partial charge in [-0.3, -0.25) is 0 Å². The van der Waals surface area contributed by atoms with Crippen LogP contribution in [0.15, 0.2) is 24.3 Å². The van der Waals surface area contributed by atoms with Crippen molar-refractivity contribution in [1.82, 2.24) is 0 Å². The second-order valence-electron chi connectivity index (χ2n) is 4.79. The molecule has 3 heteroatoms. The Hall–Kier alpha value is -1.22. The van der Waals surface area contributed by atoms with Crippen molar-refractivity contribution in [3.05, 3.63) is 24.3 Å². The van der Waals surface area contributed by atoms with Crippen LogP contribution in [0.4, 0.5) is 5.69 Å². The van der Waals surface area contributed by atoms with Crippen LogP contribution in [0, 0.1) is 11.8 Å². The van der Waals surface area contributed by atoms with E-state index in [1.165, 1.54) is 0 Å². The lowest BCUT2D eigenvalue weighted by Gasteiger charge is -2.28. The van der Waals surface area contributed by atoms with Gasteiger partial charge in [0.15, 0.2) is 0 Å². The number of benzene rings is 1. The van der Waals surface area contributed by atoms with Crippen molar-refractivity contribution in [3.63, 3.8) is 0 Å². The number of nitrogens with two attached hydrogens (primary N) is 1. The van der Waals surface area contributed by atoms with E-state index in [9.17, 15) is 0 Å². The summed E-state index contributed by atoms with van der Waals surface area (Å²) in [6.07, 6.45) is 0. The number of nitrogens with zero attached hydrogens (tertiary/aromatic N) is 1. The van der Waals surface area contributed by atoms with Crippen molar-refractivity contribution in [3.8, 4) is 5.75 Å². The van der Waals surface area contributed by atoms with Gasteiger partial charge in [0.1, 0.15) is 5.75 Å². The van der Waals surface area contributed by atoms with E-state index < -0.39 is 0 Å². The summed E-state index contributed by atoms with van der Waals surface area (Å²) in [6, 6.07) is 8.08. The highest BCUT2D eigenvalue weighted by molar-refractivity contribution is 5.57. The third-order valence-electron chi connectivity index (χ3n) is 3.25. The second kappa shape index (κ2) is 6.50. The van der Waals surface area contributed by atoms with Crippen molar-refractivity contribution in [2.75, 3.05) is 32.1 Å². The predicted molar refractivity (Wildman–Crippen MR) is 73.6 cm³/mol. The van der Waals surface area contributed by atoms with Crippen molar-refractivity contribution in [1.29, 1.82) is 0 Å². The fourth-order valence-corrected chi connectivity index (χ4v) is 1.95. The van der Waals surface area contributed by atoms with Gasteiger partial charge in [-0.25, -0.2) is 0 Å². The summed E-state index contributed by atoms with van der Waals surface area (Å²) in [5, 5.41) is 0. The van der Waals surface area contributed by atoms with Crippen molar-refractivity contribution in [2.45, 2.75) is 13.8 Å². The van der Waals surface area contributed by atoms with Gasteiger partial charge in [0.25, 0.3) is 0 Å². The maximum Gasteiger partial charge on any atom is 0.142 e. The maximum absolute atomic E-state index is 5.81. The Balaban J connectivity index is 2.78. The van der Waals surface area contributed by atoms with Gasteiger partial charge in [0, 0.05) is 13.6 Å². The monoisotopic (exact) mass is 236 g/mol. The van der Waals surface area contributed by atoms with E-state index in [1.807, 2.05) is 18.2 Å². The number of anilines is 1. The van der Waals surface area contributed by atoms with Crippen molar-refractivity contribution >= 4 is 5.69 Å². The van der Waals surface area contributed by atoms with E-state index >= 15 is 0 Å². The van der Waals surface area contributed by atoms with Crippen LogP contribution in [-0.2, 0) is 0 Å². The summed E-state index contributed by atoms with van der Waals surface area (Å²) in [4.78, 5) is 2.22. The third kappa shape index (κ3) is 3.63. The lowest BCUT2D eigenvalue weighted by Crippen LogP contribution is -2.33. The molecule has 0 spiro atoms. The molecule has 0 aliphatic carbocycles. The van der Waals surface area contributed by atoms with Crippen LogP contribution < -0.4 is 15.4 Å². The molecule has 1 aromatic carbocycles. The molecular formula is C14H24N2O. The first-order valence-electron chi connectivity index (χ1n) is 6.14. The quantitative estimate of drug-likeness (QED) is 0.824. The SMILES string of the molecule is COc1ccccc1N(C)CC(CN)C(C)C. The smallest absolute Gasteiger partial charge is 0.142 e. The Morgan fingerprint density at radius 3 is 2.47 bits per heavy atom. The Morgan fingerprint density at radius 1 is 1.29 bits per heavy atom. The summed E-state index contributed by atoms with van der Waals surface area (Å²) >= 11 is 0. The molecule has 1 atom stereocenters. The van der Waals surface area contributed by atoms with Gasteiger partial charge in [-0.15, -0.1) is 0 Å². The first-order chi connectivity index (χ1) is 8.10. The minimum atomic E-state index is 0.505. The van der Waals surface area contributed by atoms with Crippen LogP contribution in [0.2, 0.25) is 0 Å². The highest BCUT2D eigenvalue weighted by Crippen LogP contribution is 2.27. The van der Waals surface area contributed by atoms with Crippen molar-refractivity contribution < 1.29 is 4.74 Å². The first kappa shape index (κ1) is 13.8. The molecule has 1 aromatic rings. The van der Waals surface area contributed by atoms with E-state index in [0.717, 1.165) is 24.5 Å². The van der Waals surface area contributed by atoms with Gasteiger partial charge in [-0.05, 0) is 30.5 Å². The number of ether oxygens (including phenoxy) is 1. The molecule has 0 saturated heterocycles. The topological polar surface area (TPSA) is 38.5 Å². The molecule has 0 radical (unpaired) electrons. The molecule has 1 unspecified atom stereocenters. The molecule has 96 valence electrons. The van der Waals surface area contributed by atoms with Crippen LogP contribution in [-0.4, -0.2) is 27.2 Å². The van der Waals surface area contributed by atoms with Crippen LogP contribution in [0.5, 0.6) is 5.75 Å². The molecule has 0 saturated carbocycles. The van der Waals surface area contributed by atoms with Crippen LogP contribution in [0.25, 0.3) is 0 Å². The van der Waals surface area contributed by atoms with Gasteiger partial charge in [-0.1, -0.05) is 26.0 Å². The molecule has 1 rings (SSSR count).